The van der Waals surface area contributed by atoms with Gasteiger partial charge in [0.2, 0.25) is 0 Å². The van der Waals surface area contributed by atoms with Crippen LogP contribution in [0.1, 0.15) is 42.4 Å². The Morgan fingerprint density at radius 2 is 1.96 bits per heavy atom. The van der Waals surface area contributed by atoms with Gasteiger partial charge in [-0.25, -0.2) is 0 Å². The van der Waals surface area contributed by atoms with E-state index in [1.54, 1.807) is 25.3 Å². The Morgan fingerprint density at radius 1 is 1.15 bits per heavy atom. The van der Waals surface area contributed by atoms with Crippen LogP contribution in [0.4, 0.5) is 5.69 Å². The third-order valence-corrected chi connectivity index (χ3v) is 4.58. The van der Waals surface area contributed by atoms with Gasteiger partial charge in [0, 0.05) is 11.6 Å². The van der Waals surface area contributed by atoms with E-state index in [0.717, 1.165) is 17.7 Å². The van der Waals surface area contributed by atoms with Crippen molar-refractivity contribution in [1.29, 1.82) is 0 Å². The van der Waals surface area contributed by atoms with Crippen LogP contribution in [0.15, 0.2) is 36.4 Å². The summed E-state index contributed by atoms with van der Waals surface area (Å²) < 4.78 is 11.1. The van der Waals surface area contributed by atoms with Gasteiger partial charge in [-0.05, 0) is 49.2 Å². The van der Waals surface area contributed by atoms with Gasteiger partial charge in [-0.1, -0.05) is 24.6 Å². The monoisotopic (exact) mass is 374 g/mol. The van der Waals surface area contributed by atoms with Crippen molar-refractivity contribution in [1.82, 2.24) is 4.90 Å². The lowest BCUT2D eigenvalue weighted by Crippen LogP contribution is -2.43. The summed E-state index contributed by atoms with van der Waals surface area (Å²) in [4.78, 5) is 14.9. The fraction of sp³-hybridized carbons (Fsp3) is 0.350. The number of rotatable bonds is 6. The van der Waals surface area contributed by atoms with Crippen molar-refractivity contribution in [2.75, 3.05) is 25.6 Å². The summed E-state index contributed by atoms with van der Waals surface area (Å²) in [6.45, 7) is 5.19. The van der Waals surface area contributed by atoms with Gasteiger partial charge in [-0.15, -0.1) is 0 Å². The average Bonchev–Trinajstić information content (AvgIpc) is 2.64. The first-order chi connectivity index (χ1) is 12.6. The zero-order valence-corrected chi connectivity index (χ0v) is 16.0. The molecule has 0 aliphatic carbocycles. The summed E-state index contributed by atoms with van der Waals surface area (Å²) in [5, 5.41) is 4.04. The Morgan fingerprint density at radius 3 is 2.65 bits per heavy atom. The minimum Gasteiger partial charge on any atom is -0.493 e. The van der Waals surface area contributed by atoms with Crippen molar-refractivity contribution in [3.8, 4) is 11.5 Å². The summed E-state index contributed by atoms with van der Waals surface area (Å²) >= 11 is 6.12. The average molecular weight is 375 g/mol. The molecule has 1 heterocycles. The fourth-order valence-electron chi connectivity index (χ4n) is 3.18. The van der Waals surface area contributed by atoms with E-state index in [4.69, 9.17) is 21.1 Å². The number of benzene rings is 2. The molecule has 1 atom stereocenters. The van der Waals surface area contributed by atoms with E-state index >= 15 is 0 Å². The molecule has 2 aromatic rings. The molecule has 26 heavy (non-hydrogen) atoms. The molecule has 1 N–H and O–H groups in total. The fourth-order valence-corrected chi connectivity index (χ4v) is 3.36. The number of nitrogens with one attached hydrogen (secondary N) is 1. The largest absolute Gasteiger partial charge is 0.493 e. The van der Waals surface area contributed by atoms with E-state index in [1.807, 2.05) is 30.0 Å². The molecule has 0 saturated carbocycles. The highest BCUT2D eigenvalue weighted by molar-refractivity contribution is 6.31. The van der Waals surface area contributed by atoms with Crippen molar-refractivity contribution >= 4 is 23.2 Å². The number of hydrogen-bond acceptors (Lipinski definition) is 4. The molecule has 1 unspecified atom stereocenters. The highest BCUT2D eigenvalue weighted by Crippen LogP contribution is 2.37. The quantitative estimate of drug-likeness (QED) is 0.794. The number of ether oxygens (including phenoxy) is 2. The number of halogens is 1. The Labute approximate surface area is 158 Å². The summed E-state index contributed by atoms with van der Waals surface area (Å²) in [5.41, 5.74) is 2.31. The molecule has 1 aliphatic rings. The van der Waals surface area contributed by atoms with Gasteiger partial charge in [-0.3, -0.25) is 4.79 Å². The lowest BCUT2D eigenvalue weighted by molar-refractivity contribution is 0.0683. The predicted octanol–water partition coefficient (Wildman–Crippen LogP) is 4.72. The Bertz CT molecular complexity index is 810. The minimum atomic E-state index is -0.294. The lowest BCUT2D eigenvalue weighted by Gasteiger charge is -2.38. The Balaban J connectivity index is 2.03. The van der Waals surface area contributed by atoms with Gasteiger partial charge >= 0.3 is 0 Å². The first-order valence-corrected chi connectivity index (χ1v) is 9.14. The summed E-state index contributed by atoms with van der Waals surface area (Å²) in [7, 11) is 1.61. The molecule has 1 amide bonds. The number of anilines is 1. The van der Waals surface area contributed by atoms with Crippen molar-refractivity contribution in [2.24, 2.45) is 0 Å². The maximum Gasteiger partial charge on any atom is 0.257 e. The highest BCUT2D eigenvalue weighted by atomic mass is 35.5. The van der Waals surface area contributed by atoms with Crippen LogP contribution in [0.5, 0.6) is 11.5 Å². The minimum absolute atomic E-state index is 0.00452. The molecule has 6 heteroatoms. The van der Waals surface area contributed by atoms with E-state index in [1.165, 1.54) is 0 Å². The molecule has 0 bridgehead atoms. The van der Waals surface area contributed by atoms with Crippen LogP contribution >= 0.6 is 11.6 Å². The second kappa shape index (κ2) is 7.87. The number of nitrogens with zero attached hydrogens (tertiary/aromatic N) is 1. The third-order valence-electron chi connectivity index (χ3n) is 4.34. The summed E-state index contributed by atoms with van der Waals surface area (Å²) in [6, 6.07) is 11.0. The maximum atomic E-state index is 13.0. The van der Waals surface area contributed by atoms with E-state index in [9.17, 15) is 4.79 Å². The molecule has 3 rings (SSSR count). The Kier molecular flexibility index (Phi) is 5.57. The van der Waals surface area contributed by atoms with Crippen LogP contribution in [0.25, 0.3) is 0 Å². The number of methoxy groups -OCH3 is 1. The predicted molar refractivity (Wildman–Crippen MR) is 103 cm³/mol. The second-order valence-corrected chi connectivity index (χ2v) is 6.52. The van der Waals surface area contributed by atoms with E-state index in [0.29, 0.717) is 35.2 Å². The molecular formula is C20H23ClN2O3. The van der Waals surface area contributed by atoms with Crippen molar-refractivity contribution in [2.45, 2.75) is 26.4 Å². The molecular weight excluding hydrogens is 352 g/mol. The van der Waals surface area contributed by atoms with Crippen LogP contribution in [0, 0.1) is 0 Å². The molecule has 0 aromatic heterocycles. The smallest absolute Gasteiger partial charge is 0.257 e. The molecule has 0 saturated heterocycles. The molecule has 0 spiro atoms. The van der Waals surface area contributed by atoms with Gasteiger partial charge < -0.3 is 19.7 Å². The second-order valence-electron chi connectivity index (χ2n) is 6.08. The standard InChI is InChI=1S/C20H23ClN2O3/c1-4-10-23-19(13-6-9-17(26-5-2)18(11-13)25-3)22-16-12-14(21)7-8-15(16)20(23)24/h6-9,11-12,19,22H,4-5,10H2,1-3H3. The Hall–Kier alpha value is -2.40. The first kappa shape index (κ1) is 18.4. The van der Waals surface area contributed by atoms with Gasteiger partial charge in [0.25, 0.3) is 5.91 Å². The van der Waals surface area contributed by atoms with Crippen molar-refractivity contribution in [3.63, 3.8) is 0 Å². The third kappa shape index (κ3) is 3.44. The van der Waals surface area contributed by atoms with Gasteiger partial charge in [0.05, 0.1) is 25.0 Å². The highest BCUT2D eigenvalue weighted by Gasteiger charge is 2.33. The van der Waals surface area contributed by atoms with Crippen LogP contribution in [0.3, 0.4) is 0 Å². The van der Waals surface area contributed by atoms with Crippen LogP contribution in [0.2, 0.25) is 5.02 Å². The van der Waals surface area contributed by atoms with E-state index in [2.05, 4.69) is 12.2 Å². The molecule has 0 fully saturated rings. The van der Waals surface area contributed by atoms with Gasteiger partial charge in [-0.2, -0.15) is 0 Å². The van der Waals surface area contributed by atoms with Crippen LogP contribution in [-0.4, -0.2) is 31.1 Å². The summed E-state index contributed by atoms with van der Waals surface area (Å²) in [5.74, 6) is 1.33. The SMILES string of the molecule is CCCN1C(=O)c2ccc(Cl)cc2NC1c1ccc(OCC)c(OC)c1. The zero-order chi connectivity index (χ0) is 18.7. The number of amides is 1. The molecule has 138 valence electrons. The zero-order valence-electron chi connectivity index (χ0n) is 15.2. The lowest BCUT2D eigenvalue weighted by atomic mass is 10.0. The summed E-state index contributed by atoms with van der Waals surface area (Å²) in [6.07, 6.45) is 0.569. The number of carbonyl (C=O) groups is 1. The number of hydrogen-bond donors (Lipinski definition) is 1. The maximum absolute atomic E-state index is 13.0. The normalized spacial score (nSPS) is 16.1. The number of carbonyl (C=O) groups excluding carboxylic acids is 1. The topological polar surface area (TPSA) is 50.8 Å². The molecule has 1 aliphatic heterocycles. The van der Waals surface area contributed by atoms with E-state index < -0.39 is 0 Å². The molecule has 5 nitrogen and oxygen atoms in total. The van der Waals surface area contributed by atoms with E-state index in [-0.39, 0.29) is 12.1 Å². The number of fused-ring (bicyclic) bond motifs is 1. The van der Waals surface area contributed by atoms with Gasteiger partial charge in [0.15, 0.2) is 11.5 Å². The van der Waals surface area contributed by atoms with Crippen LogP contribution in [-0.2, 0) is 0 Å². The molecule has 0 radical (unpaired) electrons. The van der Waals surface area contributed by atoms with Gasteiger partial charge in [0.1, 0.15) is 6.17 Å². The molecule has 2 aromatic carbocycles. The van der Waals surface area contributed by atoms with Crippen LogP contribution < -0.4 is 14.8 Å². The van der Waals surface area contributed by atoms with Crippen molar-refractivity contribution in [3.05, 3.63) is 52.5 Å². The van der Waals surface area contributed by atoms with Crippen molar-refractivity contribution < 1.29 is 14.3 Å². The first-order valence-electron chi connectivity index (χ1n) is 8.76.